The third kappa shape index (κ3) is 3.50. The van der Waals surface area contributed by atoms with Crippen LogP contribution in [0, 0.1) is 0 Å². The Hall–Kier alpha value is -1.80. The summed E-state index contributed by atoms with van der Waals surface area (Å²) in [6.07, 6.45) is 7.27. The van der Waals surface area contributed by atoms with Gasteiger partial charge in [-0.15, -0.1) is 0 Å². The smallest absolute Gasteiger partial charge is 0.120 e. The molecule has 0 bridgehead atoms. The molecule has 116 valence electrons. The van der Waals surface area contributed by atoms with E-state index in [1.165, 1.54) is 43.2 Å². The van der Waals surface area contributed by atoms with E-state index in [1.807, 2.05) is 24.3 Å². The molecule has 2 aromatic rings. The van der Waals surface area contributed by atoms with E-state index in [2.05, 4.69) is 24.3 Å². The van der Waals surface area contributed by atoms with Crippen LogP contribution in [-0.2, 0) is 6.42 Å². The highest BCUT2D eigenvalue weighted by Gasteiger charge is 2.19. The molecule has 2 aromatic carbocycles. The molecule has 22 heavy (non-hydrogen) atoms. The van der Waals surface area contributed by atoms with E-state index in [0.29, 0.717) is 11.7 Å². The third-order valence-electron chi connectivity index (χ3n) is 4.83. The van der Waals surface area contributed by atoms with Gasteiger partial charge in [-0.3, -0.25) is 0 Å². The molecule has 0 saturated heterocycles. The van der Waals surface area contributed by atoms with Crippen LogP contribution in [-0.4, -0.2) is 5.11 Å². The molecule has 0 aliphatic heterocycles. The van der Waals surface area contributed by atoms with Crippen molar-refractivity contribution in [3.63, 3.8) is 0 Å². The molecule has 1 atom stereocenters. The Morgan fingerprint density at radius 2 is 1.73 bits per heavy atom. The summed E-state index contributed by atoms with van der Waals surface area (Å²) >= 11 is 0. The second-order valence-corrected chi connectivity index (χ2v) is 6.45. The van der Waals surface area contributed by atoms with E-state index in [-0.39, 0.29) is 6.04 Å². The first-order valence-electron chi connectivity index (χ1n) is 8.36. The van der Waals surface area contributed by atoms with Crippen molar-refractivity contribution in [2.75, 3.05) is 0 Å². The molecule has 2 nitrogen and oxygen atoms in total. The van der Waals surface area contributed by atoms with E-state index in [1.54, 1.807) is 0 Å². The SMILES string of the molecule is NC(Cc1ccccc1)c1cc(C2CCCCC2)ccc1O. The fraction of sp³-hybridized carbons (Fsp3) is 0.400. The average molecular weight is 295 g/mol. The van der Waals surface area contributed by atoms with Crippen molar-refractivity contribution in [3.05, 3.63) is 65.2 Å². The number of nitrogens with two attached hydrogens (primary N) is 1. The molecular weight excluding hydrogens is 270 g/mol. The lowest BCUT2D eigenvalue weighted by molar-refractivity contribution is 0.439. The molecule has 1 fully saturated rings. The highest BCUT2D eigenvalue weighted by Crippen LogP contribution is 2.36. The molecule has 0 spiro atoms. The van der Waals surface area contributed by atoms with E-state index in [0.717, 1.165) is 12.0 Å². The maximum Gasteiger partial charge on any atom is 0.120 e. The van der Waals surface area contributed by atoms with Gasteiger partial charge in [0.05, 0.1) is 0 Å². The second kappa shape index (κ2) is 6.97. The first kappa shape index (κ1) is 15.1. The van der Waals surface area contributed by atoms with Gasteiger partial charge in [-0.2, -0.15) is 0 Å². The first-order chi connectivity index (χ1) is 10.7. The van der Waals surface area contributed by atoms with Crippen LogP contribution in [0.15, 0.2) is 48.5 Å². The van der Waals surface area contributed by atoms with E-state index in [4.69, 9.17) is 5.73 Å². The predicted octanol–water partition coefficient (Wildman–Crippen LogP) is 4.68. The molecule has 3 N–H and O–H groups in total. The van der Waals surface area contributed by atoms with Gasteiger partial charge < -0.3 is 10.8 Å². The van der Waals surface area contributed by atoms with Crippen molar-refractivity contribution in [2.24, 2.45) is 5.73 Å². The summed E-state index contributed by atoms with van der Waals surface area (Å²) in [7, 11) is 0. The minimum Gasteiger partial charge on any atom is -0.508 e. The van der Waals surface area contributed by atoms with Crippen LogP contribution in [0.1, 0.15) is 60.8 Å². The number of rotatable bonds is 4. The quantitative estimate of drug-likeness (QED) is 0.860. The predicted molar refractivity (Wildman–Crippen MR) is 91.0 cm³/mol. The van der Waals surface area contributed by atoms with Gasteiger partial charge in [-0.1, -0.05) is 61.7 Å². The Bertz CT molecular complexity index is 602. The minimum atomic E-state index is -0.161. The Labute approximate surface area is 133 Å². The van der Waals surface area contributed by atoms with E-state index < -0.39 is 0 Å². The summed E-state index contributed by atoms with van der Waals surface area (Å²) in [6, 6.07) is 16.1. The second-order valence-electron chi connectivity index (χ2n) is 6.45. The van der Waals surface area contributed by atoms with Crippen LogP contribution in [0.4, 0.5) is 0 Å². The standard InChI is InChI=1S/C20H25NO/c21-19(13-15-7-3-1-4-8-15)18-14-17(11-12-20(18)22)16-9-5-2-6-10-16/h1,3-4,7-8,11-12,14,16,19,22H,2,5-6,9-10,13,21H2. The molecular formula is C20H25NO. The molecule has 0 heterocycles. The number of aromatic hydroxyl groups is 1. The average Bonchev–Trinajstić information content (AvgIpc) is 2.57. The molecule has 1 saturated carbocycles. The lowest BCUT2D eigenvalue weighted by atomic mass is 9.83. The molecule has 1 unspecified atom stereocenters. The normalized spacial score (nSPS) is 17.3. The van der Waals surface area contributed by atoms with Gasteiger partial charge in [-0.05, 0) is 42.4 Å². The van der Waals surface area contributed by atoms with Gasteiger partial charge >= 0.3 is 0 Å². The highest BCUT2D eigenvalue weighted by atomic mass is 16.3. The third-order valence-corrected chi connectivity index (χ3v) is 4.83. The van der Waals surface area contributed by atoms with Crippen LogP contribution in [0.5, 0.6) is 5.75 Å². The largest absolute Gasteiger partial charge is 0.508 e. The van der Waals surface area contributed by atoms with Crippen LogP contribution < -0.4 is 5.73 Å². The van der Waals surface area contributed by atoms with Crippen LogP contribution in [0.25, 0.3) is 0 Å². The number of hydrogen-bond acceptors (Lipinski definition) is 2. The fourth-order valence-electron chi connectivity index (χ4n) is 3.54. The van der Waals surface area contributed by atoms with Crippen molar-refractivity contribution in [1.82, 2.24) is 0 Å². The monoisotopic (exact) mass is 295 g/mol. The first-order valence-corrected chi connectivity index (χ1v) is 8.36. The van der Waals surface area contributed by atoms with Crippen molar-refractivity contribution in [3.8, 4) is 5.75 Å². The molecule has 2 heteroatoms. The Morgan fingerprint density at radius 1 is 1.00 bits per heavy atom. The van der Waals surface area contributed by atoms with Crippen LogP contribution in [0.3, 0.4) is 0 Å². The number of phenols is 1. The van der Waals surface area contributed by atoms with Gasteiger partial charge in [0, 0.05) is 11.6 Å². The Kier molecular flexibility index (Phi) is 4.79. The van der Waals surface area contributed by atoms with Gasteiger partial charge in [0.1, 0.15) is 5.75 Å². The number of hydrogen-bond donors (Lipinski definition) is 2. The summed E-state index contributed by atoms with van der Waals surface area (Å²) < 4.78 is 0. The van der Waals surface area contributed by atoms with Crippen LogP contribution in [0.2, 0.25) is 0 Å². The molecule has 1 aliphatic carbocycles. The lowest BCUT2D eigenvalue weighted by Gasteiger charge is -2.23. The van der Waals surface area contributed by atoms with Gasteiger partial charge in [-0.25, -0.2) is 0 Å². The zero-order valence-corrected chi connectivity index (χ0v) is 13.0. The molecule has 3 rings (SSSR count). The topological polar surface area (TPSA) is 46.2 Å². The zero-order valence-electron chi connectivity index (χ0n) is 13.0. The molecule has 0 aromatic heterocycles. The summed E-state index contributed by atoms with van der Waals surface area (Å²) in [4.78, 5) is 0. The maximum atomic E-state index is 10.2. The number of benzene rings is 2. The highest BCUT2D eigenvalue weighted by molar-refractivity contribution is 5.40. The van der Waals surface area contributed by atoms with E-state index >= 15 is 0 Å². The fourth-order valence-corrected chi connectivity index (χ4v) is 3.54. The summed E-state index contributed by atoms with van der Waals surface area (Å²) in [6.45, 7) is 0. The summed E-state index contributed by atoms with van der Waals surface area (Å²) in [5.74, 6) is 0.958. The number of phenolic OH excluding ortho intramolecular Hbond substituents is 1. The van der Waals surface area contributed by atoms with Crippen molar-refractivity contribution in [2.45, 2.75) is 50.5 Å². The lowest BCUT2D eigenvalue weighted by Crippen LogP contribution is -2.14. The molecule has 0 radical (unpaired) electrons. The van der Waals surface area contributed by atoms with Gasteiger partial charge in [0.2, 0.25) is 0 Å². The molecule has 0 amide bonds. The van der Waals surface area contributed by atoms with Gasteiger partial charge in [0.15, 0.2) is 0 Å². The Balaban J connectivity index is 1.79. The maximum absolute atomic E-state index is 10.2. The van der Waals surface area contributed by atoms with E-state index in [9.17, 15) is 5.11 Å². The van der Waals surface area contributed by atoms with Crippen molar-refractivity contribution < 1.29 is 5.11 Å². The van der Waals surface area contributed by atoms with Crippen molar-refractivity contribution in [1.29, 1.82) is 0 Å². The Morgan fingerprint density at radius 3 is 2.45 bits per heavy atom. The van der Waals surface area contributed by atoms with Crippen LogP contribution >= 0.6 is 0 Å². The molecule has 1 aliphatic rings. The summed E-state index contributed by atoms with van der Waals surface area (Å²) in [5, 5.41) is 10.2. The van der Waals surface area contributed by atoms with Gasteiger partial charge in [0.25, 0.3) is 0 Å². The minimum absolute atomic E-state index is 0.161. The van der Waals surface area contributed by atoms with Crippen molar-refractivity contribution >= 4 is 0 Å². The summed E-state index contributed by atoms with van der Waals surface area (Å²) in [5.41, 5.74) is 9.80. The zero-order chi connectivity index (χ0) is 15.4.